The molecule has 4 heteroatoms. The van der Waals surface area contributed by atoms with Gasteiger partial charge in [-0.05, 0) is 6.92 Å². The van der Waals surface area contributed by atoms with Gasteiger partial charge in [-0.2, -0.15) is 0 Å². The van der Waals surface area contributed by atoms with Crippen molar-refractivity contribution in [3.05, 3.63) is 6.92 Å². The normalized spacial score (nSPS) is 9.00. The summed E-state index contributed by atoms with van der Waals surface area (Å²) in [5.74, 6) is -1.27. The molecule has 0 atom stereocenters. The molecule has 0 saturated heterocycles. The van der Waals surface area contributed by atoms with Crippen LogP contribution in [0.2, 0.25) is 0 Å². The number of carbonyl (C=O) groups is 2. The molecule has 0 spiro atoms. The lowest BCUT2D eigenvalue weighted by Crippen LogP contribution is -2.31. The molecule has 0 aliphatic heterocycles. The minimum atomic E-state index is -1.01. The summed E-state index contributed by atoms with van der Waals surface area (Å²) in [5, 5.41) is 8.21. The van der Waals surface area contributed by atoms with Gasteiger partial charge in [0.05, 0.1) is 0 Å². The Labute approximate surface area is 59.4 Å². The van der Waals surface area contributed by atoms with Gasteiger partial charge in [-0.3, -0.25) is 9.59 Å². The van der Waals surface area contributed by atoms with Crippen molar-refractivity contribution >= 4 is 11.9 Å². The first kappa shape index (κ1) is 8.94. The molecule has 4 nitrogen and oxygen atoms in total. The topological polar surface area (TPSA) is 57.6 Å². The fraction of sp³-hybridized carbons (Fsp3) is 0.500. The van der Waals surface area contributed by atoms with Crippen LogP contribution in [0.25, 0.3) is 0 Å². The van der Waals surface area contributed by atoms with Crippen molar-refractivity contribution in [1.29, 1.82) is 0 Å². The average molecular weight is 144 g/mol. The Morgan fingerprint density at radius 1 is 1.60 bits per heavy atom. The van der Waals surface area contributed by atoms with Crippen molar-refractivity contribution in [3.8, 4) is 0 Å². The van der Waals surface area contributed by atoms with Gasteiger partial charge in [0.1, 0.15) is 6.54 Å². The van der Waals surface area contributed by atoms with Gasteiger partial charge in [0.15, 0.2) is 0 Å². The van der Waals surface area contributed by atoms with Crippen LogP contribution in [0.15, 0.2) is 0 Å². The van der Waals surface area contributed by atoms with Gasteiger partial charge in [0.2, 0.25) is 5.91 Å². The van der Waals surface area contributed by atoms with E-state index in [1.165, 1.54) is 7.05 Å². The van der Waals surface area contributed by atoms with Crippen molar-refractivity contribution in [2.24, 2.45) is 0 Å². The van der Waals surface area contributed by atoms with Gasteiger partial charge in [-0.1, -0.05) is 0 Å². The fourth-order valence-corrected chi connectivity index (χ4v) is 0.482. The number of carboxylic acid groups (broad SMARTS) is 1. The second-order valence-corrected chi connectivity index (χ2v) is 1.89. The molecule has 10 heavy (non-hydrogen) atoms. The first-order chi connectivity index (χ1) is 4.57. The molecule has 0 aromatic carbocycles. The van der Waals surface area contributed by atoms with Crippen molar-refractivity contribution in [1.82, 2.24) is 4.90 Å². The lowest BCUT2D eigenvalue weighted by atomic mass is 10.4. The van der Waals surface area contributed by atoms with Crippen LogP contribution in [0, 0.1) is 6.92 Å². The zero-order valence-electron chi connectivity index (χ0n) is 5.83. The molecule has 0 unspecified atom stereocenters. The van der Waals surface area contributed by atoms with E-state index in [0.29, 0.717) is 0 Å². The van der Waals surface area contributed by atoms with Gasteiger partial charge < -0.3 is 10.0 Å². The van der Waals surface area contributed by atoms with Crippen molar-refractivity contribution < 1.29 is 14.7 Å². The maximum Gasteiger partial charge on any atom is 0.323 e. The summed E-state index contributed by atoms with van der Waals surface area (Å²) in [7, 11) is 1.43. The van der Waals surface area contributed by atoms with Crippen LogP contribution in [-0.4, -0.2) is 35.5 Å². The van der Waals surface area contributed by atoms with E-state index in [4.69, 9.17) is 5.11 Å². The highest BCUT2D eigenvalue weighted by Gasteiger charge is 2.08. The summed E-state index contributed by atoms with van der Waals surface area (Å²) in [4.78, 5) is 21.8. The predicted molar refractivity (Wildman–Crippen MR) is 35.2 cm³/mol. The van der Waals surface area contributed by atoms with Gasteiger partial charge in [0.25, 0.3) is 0 Å². The summed E-state index contributed by atoms with van der Waals surface area (Å²) in [6, 6.07) is 0. The maximum atomic E-state index is 10.6. The summed E-state index contributed by atoms with van der Waals surface area (Å²) in [5.41, 5.74) is 0. The van der Waals surface area contributed by atoms with E-state index in [9.17, 15) is 9.59 Å². The molecule has 0 aromatic rings. The van der Waals surface area contributed by atoms with Gasteiger partial charge in [-0.25, -0.2) is 0 Å². The minimum absolute atomic E-state index is 0.101. The minimum Gasteiger partial charge on any atom is -0.480 e. The van der Waals surface area contributed by atoms with Crippen LogP contribution < -0.4 is 0 Å². The van der Waals surface area contributed by atoms with Crippen LogP contribution in [0.4, 0.5) is 0 Å². The average Bonchev–Trinajstić information content (AvgIpc) is 1.85. The van der Waals surface area contributed by atoms with Crippen LogP contribution >= 0.6 is 0 Å². The molecule has 0 heterocycles. The lowest BCUT2D eigenvalue weighted by molar-refractivity contribution is -0.143. The molecule has 0 aliphatic carbocycles. The first-order valence-electron chi connectivity index (χ1n) is 2.83. The number of amides is 1. The van der Waals surface area contributed by atoms with E-state index in [0.717, 1.165) is 4.90 Å². The molecule has 0 aromatic heterocycles. The molecule has 1 amide bonds. The van der Waals surface area contributed by atoms with E-state index in [2.05, 4.69) is 6.92 Å². The molecule has 1 radical (unpaired) electrons. The SMILES string of the molecule is [CH2]CC(=O)N(C)CC(=O)O. The second-order valence-electron chi connectivity index (χ2n) is 1.89. The first-order valence-corrected chi connectivity index (χ1v) is 2.83. The highest BCUT2D eigenvalue weighted by molar-refractivity contribution is 5.81. The standard InChI is InChI=1S/C6H10NO3/c1-3-5(8)7(2)4-6(9)10/h1,3-4H2,2H3,(H,9,10). The molecular weight excluding hydrogens is 134 g/mol. The third-order valence-corrected chi connectivity index (χ3v) is 1.01. The molecule has 0 fully saturated rings. The lowest BCUT2D eigenvalue weighted by Gasteiger charge is -2.11. The van der Waals surface area contributed by atoms with Crippen LogP contribution in [-0.2, 0) is 9.59 Å². The summed E-state index contributed by atoms with van der Waals surface area (Å²) in [6.07, 6.45) is 0.101. The summed E-state index contributed by atoms with van der Waals surface area (Å²) >= 11 is 0. The number of hydrogen-bond acceptors (Lipinski definition) is 2. The third kappa shape index (κ3) is 3.06. The Morgan fingerprint density at radius 3 is 2.40 bits per heavy atom. The number of carboxylic acids is 1. The highest BCUT2D eigenvalue weighted by atomic mass is 16.4. The summed E-state index contributed by atoms with van der Waals surface area (Å²) < 4.78 is 0. The molecule has 0 bridgehead atoms. The quantitative estimate of drug-likeness (QED) is 0.594. The van der Waals surface area contributed by atoms with E-state index < -0.39 is 5.97 Å². The Kier molecular flexibility index (Phi) is 3.46. The second kappa shape index (κ2) is 3.87. The van der Waals surface area contributed by atoms with E-state index in [1.54, 1.807) is 0 Å². The number of nitrogens with zero attached hydrogens (tertiary/aromatic N) is 1. The monoisotopic (exact) mass is 144 g/mol. The third-order valence-electron chi connectivity index (χ3n) is 1.01. The smallest absolute Gasteiger partial charge is 0.323 e. The van der Waals surface area contributed by atoms with Crippen LogP contribution in [0.5, 0.6) is 0 Å². The van der Waals surface area contributed by atoms with E-state index >= 15 is 0 Å². The number of aliphatic carboxylic acids is 1. The maximum absolute atomic E-state index is 10.6. The van der Waals surface area contributed by atoms with E-state index in [-0.39, 0.29) is 18.9 Å². The Morgan fingerprint density at radius 2 is 2.10 bits per heavy atom. The highest BCUT2D eigenvalue weighted by Crippen LogP contribution is 1.87. The van der Waals surface area contributed by atoms with Crippen molar-refractivity contribution in [3.63, 3.8) is 0 Å². The van der Waals surface area contributed by atoms with Gasteiger partial charge in [0, 0.05) is 13.5 Å². The predicted octanol–water partition coefficient (Wildman–Crippen LogP) is -0.246. The number of likely N-dealkylation sites (N-methyl/N-ethyl adjacent to an activating group) is 1. The molecule has 57 valence electrons. The molecule has 0 aliphatic rings. The molecule has 0 saturated carbocycles. The van der Waals surface area contributed by atoms with Crippen LogP contribution in [0.1, 0.15) is 6.42 Å². The fourth-order valence-electron chi connectivity index (χ4n) is 0.482. The number of carbonyl (C=O) groups excluding carboxylic acids is 1. The van der Waals surface area contributed by atoms with Crippen molar-refractivity contribution in [2.45, 2.75) is 6.42 Å². The number of rotatable bonds is 3. The Bertz CT molecular complexity index is 144. The molecule has 1 N–H and O–H groups in total. The van der Waals surface area contributed by atoms with Crippen molar-refractivity contribution in [2.75, 3.05) is 13.6 Å². The van der Waals surface area contributed by atoms with Gasteiger partial charge >= 0.3 is 5.97 Å². The zero-order chi connectivity index (χ0) is 8.15. The summed E-state index contributed by atoms with van der Waals surface area (Å²) in [6.45, 7) is 3.07. The van der Waals surface area contributed by atoms with E-state index in [1.807, 2.05) is 0 Å². The molecule has 0 rings (SSSR count). The Balaban J connectivity index is 3.72. The Hall–Kier alpha value is -1.06. The largest absolute Gasteiger partial charge is 0.480 e. The van der Waals surface area contributed by atoms with Crippen LogP contribution in [0.3, 0.4) is 0 Å². The van der Waals surface area contributed by atoms with Gasteiger partial charge in [-0.15, -0.1) is 0 Å². The number of hydrogen-bond donors (Lipinski definition) is 1. The zero-order valence-corrected chi connectivity index (χ0v) is 5.83. The molecular formula is C6H10NO3.